The number of piperidine rings is 1. The number of urea groups is 1. The van der Waals surface area contributed by atoms with Crippen LogP contribution in [0.25, 0.3) is 0 Å². The first kappa shape index (κ1) is 17.7. The number of nitrogens with one attached hydrogen (secondary N) is 2. The van der Waals surface area contributed by atoms with Gasteiger partial charge in [-0.2, -0.15) is 0 Å². The van der Waals surface area contributed by atoms with Gasteiger partial charge < -0.3 is 10.2 Å². The van der Waals surface area contributed by atoms with Gasteiger partial charge in [-0.3, -0.25) is 0 Å². The Morgan fingerprint density at radius 3 is 2.52 bits per heavy atom. The molecule has 1 saturated heterocycles. The van der Waals surface area contributed by atoms with Crippen molar-refractivity contribution in [2.45, 2.75) is 32.1 Å². The molecule has 1 heterocycles. The van der Waals surface area contributed by atoms with Crippen LogP contribution >= 0.6 is 0 Å². The molecule has 0 bridgehead atoms. The van der Waals surface area contributed by atoms with Gasteiger partial charge in [0.2, 0.25) is 10.0 Å². The van der Waals surface area contributed by atoms with Gasteiger partial charge in [-0.05, 0) is 36.9 Å². The van der Waals surface area contributed by atoms with Gasteiger partial charge in [0.05, 0.1) is 5.75 Å². The molecule has 0 saturated carbocycles. The SMILES string of the molecule is CNS(=O)(=O)Cc1ccc(CNC(=O)N2CCCC(C)C2)cc1. The molecule has 0 radical (unpaired) electrons. The predicted molar refractivity (Wildman–Crippen MR) is 90.3 cm³/mol. The van der Waals surface area contributed by atoms with Crippen LogP contribution in [0, 0.1) is 5.92 Å². The third kappa shape index (κ3) is 5.51. The van der Waals surface area contributed by atoms with E-state index in [9.17, 15) is 13.2 Å². The Balaban J connectivity index is 1.85. The highest BCUT2D eigenvalue weighted by Crippen LogP contribution is 2.15. The van der Waals surface area contributed by atoms with E-state index in [0.29, 0.717) is 12.5 Å². The minimum Gasteiger partial charge on any atom is -0.334 e. The van der Waals surface area contributed by atoms with E-state index in [0.717, 1.165) is 30.6 Å². The minimum absolute atomic E-state index is 0.0293. The Bertz CT molecular complexity index is 628. The third-order valence-corrected chi connectivity index (χ3v) is 5.41. The second-order valence-corrected chi connectivity index (χ2v) is 8.06. The zero-order valence-electron chi connectivity index (χ0n) is 13.7. The van der Waals surface area contributed by atoms with Crippen molar-refractivity contribution in [1.29, 1.82) is 0 Å². The number of hydrogen-bond acceptors (Lipinski definition) is 3. The maximum absolute atomic E-state index is 12.1. The fourth-order valence-electron chi connectivity index (χ4n) is 2.71. The molecule has 1 aliphatic heterocycles. The van der Waals surface area contributed by atoms with Gasteiger partial charge in [0.25, 0.3) is 0 Å². The van der Waals surface area contributed by atoms with Crippen LogP contribution in [0.4, 0.5) is 4.79 Å². The number of sulfonamides is 1. The standard InChI is InChI=1S/C16H25N3O3S/c1-13-4-3-9-19(11-13)16(20)18-10-14-5-7-15(8-6-14)12-23(21,22)17-2/h5-8,13,17H,3-4,9-12H2,1-2H3,(H,18,20). The number of amides is 2. The second-order valence-electron chi connectivity index (χ2n) is 6.13. The predicted octanol–water partition coefficient (Wildman–Crippen LogP) is 1.68. The lowest BCUT2D eigenvalue weighted by Crippen LogP contribution is -2.44. The van der Waals surface area contributed by atoms with Crippen molar-refractivity contribution >= 4 is 16.1 Å². The summed E-state index contributed by atoms with van der Waals surface area (Å²) < 4.78 is 25.3. The van der Waals surface area contributed by atoms with Crippen molar-refractivity contribution in [2.24, 2.45) is 5.92 Å². The van der Waals surface area contributed by atoms with Gasteiger partial charge in [0.1, 0.15) is 0 Å². The Morgan fingerprint density at radius 2 is 1.91 bits per heavy atom. The van der Waals surface area contributed by atoms with Crippen molar-refractivity contribution in [3.8, 4) is 0 Å². The Kier molecular flexibility index (Phi) is 6.01. The minimum atomic E-state index is -3.26. The maximum Gasteiger partial charge on any atom is 0.317 e. The Labute approximate surface area is 138 Å². The highest BCUT2D eigenvalue weighted by Gasteiger charge is 2.20. The zero-order chi connectivity index (χ0) is 16.9. The molecule has 2 N–H and O–H groups in total. The summed E-state index contributed by atoms with van der Waals surface area (Å²) in [6, 6.07) is 7.22. The van der Waals surface area contributed by atoms with Crippen LogP contribution in [0.3, 0.4) is 0 Å². The number of hydrogen-bond donors (Lipinski definition) is 2. The van der Waals surface area contributed by atoms with E-state index in [1.807, 2.05) is 17.0 Å². The van der Waals surface area contributed by atoms with Crippen molar-refractivity contribution in [3.63, 3.8) is 0 Å². The number of likely N-dealkylation sites (tertiary alicyclic amines) is 1. The molecule has 1 fully saturated rings. The van der Waals surface area contributed by atoms with Gasteiger partial charge in [0, 0.05) is 19.6 Å². The molecule has 0 aliphatic carbocycles. The molecule has 2 amide bonds. The van der Waals surface area contributed by atoms with Gasteiger partial charge in [-0.25, -0.2) is 17.9 Å². The molecular weight excluding hydrogens is 314 g/mol. The summed E-state index contributed by atoms with van der Waals surface area (Å²) in [5.41, 5.74) is 1.67. The Hall–Kier alpha value is -1.60. The first-order valence-electron chi connectivity index (χ1n) is 7.91. The fourth-order valence-corrected chi connectivity index (χ4v) is 3.48. The van der Waals surface area contributed by atoms with Gasteiger partial charge in [0.15, 0.2) is 0 Å². The summed E-state index contributed by atoms with van der Waals surface area (Å²) in [4.78, 5) is 14.0. The van der Waals surface area contributed by atoms with Gasteiger partial charge in [-0.1, -0.05) is 31.2 Å². The summed E-state index contributed by atoms with van der Waals surface area (Å²) in [7, 11) is -1.85. The monoisotopic (exact) mass is 339 g/mol. The summed E-state index contributed by atoms with van der Waals surface area (Å²) in [6.07, 6.45) is 2.24. The molecule has 1 aromatic carbocycles. The van der Waals surface area contributed by atoms with E-state index in [1.165, 1.54) is 13.5 Å². The smallest absolute Gasteiger partial charge is 0.317 e. The number of carbonyl (C=O) groups excluding carboxylic acids is 1. The third-order valence-electron chi connectivity index (χ3n) is 4.08. The fraction of sp³-hybridized carbons (Fsp3) is 0.562. The number of rotatable bonds is 5. The van der Waals surface area contributed by atoms with Crippen molar-refractivity contribution in [2.75, 3.05) is 20.1 Å². The van der Waals surface area contributed by atoms with Crippen LogP contribution in [0.15, 0.2) is 24.3 Å². The van der Waals surface area contributed by atoms with Crippen molar-refractivity contribution in [3.05, 3.63) is 35.4 Å². The van der Waals surface area contributed by atoms with E-state index < -0.39 is 10.0 Å². The van der Waals surface area contributed by atoms with E-state index in [4.69, 9.17) is 0 Å². The molecule has 1 aromatic rings. The molecule has 0 aromatic heterocycles. The number of benzene rings is 1. The molecule has 0 spiro atoms. The normalized spacial score (nSPS) is 18.7. The average molecular weight is 339 g/mol. The Morgan fingerprint density at radius 1 is 1.26 bits per heavy atom. The summed E-state index contributed by atoms with van der Waals surface area (Å²) >= 11 is 0. The molecule has 23 heavy (non-hydrogen) atoms. The van der Waals surface area contributed by atoms with E-state index >= 15 is 0 Å². The zero-order valence-corrected chi connectivity index (χ0v) is 14.5. The molecule has 1 atom stereocenters. The van der Waals surface area contributed by atoms with Crippen LogP contribution < -0.4 is 10.0 Å². The van der Waals surface area contributed by atoms with Crippen LogP contribution in [0.2, 0.25) is 0 Å². The number of nitrogens with zero attached hydrogens (tertiary/aromatic N) is 1. The summed E-state index contributed by atoms with van der Waals surface area (Å²) in [5, 5.41) is 2.92. The molecule has 2 rings (SSSR count). The topological polar surface area (TPSA) is 78.5 Å². The van der Waals surface area contributed by atoms with Crippen molar-refractivity contribution < 1.29 is 13.2 Å². The molecule has 1 unspecified atom stereocenters. The van der Waals surface area contributed by atoms with Crippen LogP contribution in [0.1, 0.15) is 30.9 Å². The van der Waals surface area contributed by atoms with Crippen molar-refractivity contribution in [1.82, 2.24) is 14.9 Å². The highest BCUT2D eigenvalue weighted by atomic mass is 32.2. The van der Waals surface area contributed by atoms with Crippen LogP contribution in [-0.4, -0.2) is 39.5 Å². The van der Waals surface area contributed by atoms with Crippen LogP contribution in [0.5, 0.6) is 0 Å². The lowest BCUT2D eigenvalue weighted by Gasteiger charge is -2.30. The molecule has 128 valence electrons. The summed E-state index contributed by atoms with van der Waals surface area (Å²) in [5.74, 6) is 0.518. The largest absolute Gasteiger partial charge is 0.334 e. The average Bonchev–Trinajstić information content (AvgIpc) is 2.53. The molecule has 7 heteroatoms. The van der Waals surface area contributed by atoms with Gasteiger partial charge in [-0.15, -0.1) is 0 Å². The first-order chi connectivity index (χ1) is 10.9. The highest BCUT2D eigenvalue weighted by molar-refractivity contribution is 7.88. The van der Waals surface area contributed by atoms with E-state index in [1.54, 1.807) is 12.1 Å². The van der Waals surface area contributed by atoms with Gasteiger partial charge >= 0.3 is 6.03 Å². The second kappa shape index (κ2) is 7.79. The first-order valence-corrected chi connectivity index (χ1v) is 9.56. The summed E-state index contributed by atoms with van der Waals surface area (Å²) in [6.45, 7) is 4.24. The van der Waals surface area contributed by atoms with Crippen LogP contribution in [-0.2, 0) is 22.3 Å². The van der Waals surface area contributed by atoms with E-state index in [-0.39, 0.29) is 11.8 Å². The lowest BCUT2D eigenvalue weighted by atomic mass is 10.0. The number of carbonyl (C=O) groups is 1. The lowest BCUT2D eigenvalue weighted by molar-refractivity contribution is 0.169. The molecule has 6 nitrogen and oxygen atoms in total. The molecule has 1 aliphatic rings. The maximum atomic E-state index is 12.1. The quantitative estimate of drug-likeness (QED) is 0.857. The molecular formula is C16H25N3O3S. The van der Waals surface area contributed by atoms with E-state index in [2.05, 4.69) is 17.0 Å².